The van der Waals surface area contributed by atoms with Crippen LogP contribution in [0, 0.1) is 0 Å². The molecule has 1 rings (SSSR count). The van der Waals surface area contributed by atoms with Gasteiger partial charge in [-0.1, -0.05) is 11.6 Å². The van der Waals surface area contributed by atoms with Gasteiger partial charge in [0.15, 0.2) is 25.9 Å². The summed E-state index contributed by atoms with van der Waals surface area (Å²) >= 11 is 10.8. The number of halogens is 2. The van der Waals surface area contributed by atoms with E-state index in [-0.39, 0.29) is 0 Å². The van der Waals surface area contributed by atoms with Gasteiger partial charge in [-0.25, -0.2) is 8.42 Å². The highest BCUT2D eigenvalue weighted by atomic mass is 35.5. The molecular weight excluding hydrogens is 345 g/mol. The van der Waals surface area contributed by atoms with E-state index in [4.69, 9.17) is 23.2 Å². The van der Waals surface area contributed by atoms with Gasteiger partial charge in [-0.15, -0.1) is 0 Å². The number of hydrogen-bond donors (Lipinski definition) is 0. The first kappa shape index (κ1) is 16.2. The molecule has 0 fully saturated rings. The summed E-state index contributed by atoms with van der Waals surface area (Å²) in [4.78, 5) is 11.1. The van der Waals surface area contributed by atoms with Crippen LogP contribution in [0.3, 0.4) is 0 Å². The first-order valence-electron chi connectivity index (χ1n) is 4.36. The van der Waals surface area contributed by atoms with E-state index < -0.39 is 47.1 Å². The van der Waals surface area contributed by atoms with Crippen molar-refractivity contribution in [2.45, 2.75) is 5.25 Å². The van der Waals surface area contributed by atoms with Crippen molar-refractivity contribution >= 4 is 48.4 Å². The van der Waals surface area contributed by atoms with Gasteiger partial charge in [0.2, 0.25) is 5.24 Å². The Morgan fingerprint density at radius 1 is 1.32 bits per heavy atom. The number of nitrogens with zero attached hydrogens (tertiary/aromatic N) is 1. The maximum Gasteiger partial charge on any atom is 0.307 e. The van der Waals surface area contributed by atoms with E-state index in [1.807, 2.05) is 0 Å². The number of aromatic nitrogens is 1. The lowest BCUT2D eigenvalue weighted by Gasteiger charge is -2.06. The first-order chi connectivity index (χ1) is 8.43. The zero-order valence-corrected chi connectivity index (χ0v) is 12.6. The van der Waals surface area contributed by atoms with Gasteiger partial charge < -0.3 is 8.71 Å². The summed E-state index contributed by atoms with van der Waals surface area (Å²) in [5, 5.41) is -0.595. The Hall–Kier alpha value is -0.840. The molecule has 0 saturated heterocycles. The van der Waals surface area contributed by atoms with Gasteiger partial charge in [0.1, 0.15) is 0 Å². The molecule has 0 N–H and O–H groups in total. The Balaban J connectivity index is 3.34. The molecule has 0 aliphatic heterocycles. The van der Waals surface area contributed by atoms with Crippen LogP contribution in [0.5, 0.6) is 5.88 Å². The highest BCUT2D eigenvalue weighted by molar-refractivity contribution is 7.91. The molecule has 1 atom stereocenters. The lowest BCUT2D eigenvalue weighted by Crippen LogP contribution is -2.17. The molecule has 8 nitrogen and oxygen atoms in total. The van der Waals surface area contributed by atoms with Gasteiger partial charge >= 0.3 is 10.1 Å². The van der Waals surface area contributed by atoms with Gasteiger partial charge in [0.25, 0.3) is 5.88 Å². The highest BCUT2D eigenvalue weighted by Gasteiger charge is 2.37. The summed E-state index contributed by atoms with van der Waals surface area (Å²) in [6, 6.07) is 0. The first-order valence-corrected chi connectivity index (χ1v) is 8.89. The predicted molar refractivity (Wildman–Crippen MR) is 65.4 cm³/mol. The molecule has 0 saturated carbocycles. The molecule has 0 aromatic carbocycles. The fourth-order valence-corrected chi connectivity index (χ4v) is 3.30. The van der Waals surface area contributed by atoms with E-state index in [1.54, 1.807) is 0 Å². The van der Waals surface area contributed by atoms with Crippen LogP contribution < -0.4 is 4.18 Å². The molecular formula is C7H7Cl2NO7S2. The molecule has 108 valence electrons. The third-order valence-corrected chi connectivity index (χ3v) is 4.17. The fraction of sp³-hybridized carbons (Fsp3) is 0.429. The standard InChI is InChI=1S/C7H7Cl2NO7S2/c1-18(12,13)5(6(9)11)4-3(8)7(10-16-4)17-19(2,14)15/h5H,1-2H3. The molecule has 1 aromatic rings. The van der Waals surface area contributed by atoms with Crippen LogP contribution in [0.25, 0.3) is 0 Å². The Morgan fingerprint density at radius 3 is 2.21 bits per heavy atom. The molecule has 0 radical (unpaired) electrons. The molecule has 0 bridgehead atoms. The predicted octanol–water partition coefficient (Wildman–Crippen LogP) is 0.518. The van der Waals surface area contributed by atoms with Crippen LogP contribution >= 0.6 is 23.2 Å². The minimum Gasteiger partial charge on any atom is -0.357 e. The Kier molecular flexibility index (Phi) is 4.50. The maximum absolute atomic E-state index is 11.4. The van der Waals surface area contributed by atoms with Crippen LogP contribution in [0.15, 0.2) is 4.52 Å². The molecule has 1 heterocycles. The molecule has 0 amide bonds. The quantitative estimate of drug-likeness (QED) is 0.555. The van der Waals surface area contributed by atoms with Crippen molar-refractivity contribution in [1.29, 1.82) is 0 Å². The van der Waals surface area contributed by atoms with E-state index in [0.717, 1.165) is 12.5 Å². The summed E-state index contributed by atoms with van der Waals surface area (Å²) in [6.07, 6.45) is 1.45. The lowest BCUT2D eigenvalue weighted by molar-refractivity contribution is -0.111. The Labute approximate surface area is 118 Å². The van der Waals surface area contributed by atoms with Gasteiger partial charge in [-0.05, 0) is 16.8 Å². The van der Waals surface area contributed by atoms with E-state index in [2.05, 4.69) is 13.9 Å². The Morgan fingerprint density at radius 2 is 1.84 bits per heavy atom. The monoisotopic (exact) mass is 351 g/mol. The molecule has 0 aliphatic rings. The van der Waals surface area contributed by atoms with Crippen molar-refractivity contribution in [1.82, 2.24) is 5.16 Å². The topological polar surface area (TPSA) is 121 Å². The smallest absolute Gasteiger partial charge is 0.307 e. The highest BCUT2D eigenvalue weighted by Crippen LogP contribution is 2.36. The molecule has 19 heavy (non-hydrogen) atoms. The normalized spacial score (nSPS) is 14.1. The summed E-state index contributed by atoms with van der Waals surface area (Å²) in [7, 11) is -7.92. The molecule has 0 spiro atoms. The van der Waals surface area contributed by atoms with Gasteiger partial charge in [0.05, 0.1) is 6.26 Å². The average molecular weight is 352 g/mol. The number of carbonyl (C=O) groups is 1. The third-order valence-electron chi connectivity index (χ3n) is 1.73. The number of carbonyl (C=O) groups excluding carboxylic acids is 1. The van der Waals surface area contributed by atoms with E-state index in [9.17, 15) is 21.6 Å². The molecule has 12 heteroatoms. The molecule has 0 aliphatic carbocycles. The summed E-state index contributed by atoms with van der Waals surface area (Å²) in [5.41, 5.74) is 0. The Bertz CT molecular complexity index is 706. The van der Waals surface area contributed by atoms with Crippen molar-refractivity contribution in [2.24, 2.45) is 0 Å². The number of hydrogen-bond acceptors (Lipinski definition) is 8. The van der Waals surface area contributed by atoms with Gasteiger partial charge in [-0.2, -0.15) is 8.42 Å². The number of sulfone groups is 1. The zero-order chi connectivity index (χ0) is 15.0. The fourth-order valence-electron chi connectivity index (χ4n) is 1.10. The van der Waals surface area contributed by atoms with Crippen LogP contribution in [0.1, 0.15) is 11.0 Å². The van der Waals surface area contributed by atoms with Crippen LogP contribution in [0.2, 0.25) is 5.02 Å². The van der Waals surface area contributed by atoms with E-state index >= 15 is 0 Å². The SMILES string of the molecule is CS(=O)(=O)Oc1noc(C(C(=O)Cl)S(C)(=O)=O)c1Cl. The van der Waals surface area contributed by atoms with Crippen molar-refractivity contribution in [3.8, 4) is 5.88 Å². The van der Waals surface area contributed by atoms with Gasteiger partial charge in [-0.3, -0.25) is 4.79 Å². The van der Waals surface area contributed by atoms with Crippen molar-refractivity contribution in [2.75, 3.05) is 12.5 Å². The largest absolute Gasteiger partial charge is 0.357 e. The number of rotatable bonds is 5. The average Bonchev–Trinajstić information content (AvgIpc) is 2.45. The van der Waals surface area contributed by atoms with Crippen LogP contribution in [-0.2, 0) is 24.7 Å². The van der Waals surface area contributed by atoms with Crippen molar-refractivity contribution in [3.63, 3.8) is 0 Å². The maximum atomic E-state index is 11.4. The second-order valence-corrected chi connectivity index (χ2v) is 7.92. The zero-order valence-electron chi connectivity index (χ0n) is 9.45. The summed E-state index contributed by atoms with van der Waals surface area (Å²) in [6.45, 7) is 0. The van der Waals surface area contributed by atoms with E-state index in [1.165, 1.54) is 0 Å². The second kappa shape index (κ2) is 5.27. The van der Waals surface area contributed by atoms with Crippen LogP contribution in [-0.4, -0.2) is 39.7 Å². The minimum atomic E-state index is -3.97. The third kappa shape index (κ3) is 4.06. The minimum absolute atomic E-state index is 0.560. The molecule has 1 aromatic heterocycles. The van der Waals surface area contributed by atoms with Crippen LogP contribution in [0.4, 0.5) is 0 Å². The van der Waals surface area contributed by atoms with Gasteiger partial charge in [0, 0.05) is 6.26 Å². The lowest BCUT2D eigenvalue weighted by atomic mass is 10.3. The summed E-state index contributed by atoms with van der Waals surface area (Å²) < 4.78 is 53.5. The summed E-state index contributed by atoms with van der Waals surface area (Å²) in [5.74, 6) is -1.28. The van der Waals surface area contributed by atoms with E-state index in [0.29, 0.717) is 0 Å². The van der Waals surface area contributed by atoms with Crippen molar-refractivity contribution in [3.05, 3.63) is 10.8 Å². The van der Waals surface area contributed by atoms with Crippen molar-refractivity contribution < 1.29 is 30.3 Å². The molecule has 1 unspecified atom stereocenters. The second-order valence-electron chi connectivity index (χ2n) is 3.47.